The van der Waals surface area contributed by atoms with Gasteiger partial charge in [0.2, 0.25) is 0 Å². The molecule has 0 bridgehead atoms. The van der Waals surface area contributed by atoms with Crippen molar-refractivity contribution >= 4 is 0 Å². The Bertz CT molecular complexity index is 1370. The minimum absolute atomic E-state index is 0.0354. The highest BCUT2D eigenvalue weighted by molar-refractivity contribution is 5.25. The van der Waals surface area contributed by atoms with E-state index >= 15 is 0 Å². The van der Waals surface area contributed by atoms with Crippen molar-refractivity contribution in [3.8, 4) is 0 Å². The minimum Gasteiger partial charge on any atom is -0.379 e. The standard InChI is InChI=1S/C60H107NO7/c1-7-8-9-10-11-12-13-14-15-16-17-18-19-20-21-22-36-66-49-54(48-61-34-37-62-39-41-64-42-40-63-38-35-61)68-46-44-65-43-45-67-53-30-32-59(5)52(47-53)26-27-55-57-29-28-56(51(4)25-23-24-50(2)3)60(57,6)33-31-58(55)59/h11-12,14-15,26,50-51,53-58H,7-10,13,16-25,27-49H2,1-6H3/b12-11-,15-14-/t51-,53+,54?,55+,56-,57+,58+,59+,60-/m1/s1. The van der Waals surface area contributed by atoms with Crippen molar-refractivity contribution in [2.24, 2.45) is 46.3 Å². The lowest BCUT2D eigenvalue weighted by Crippen LogP contribution is -2.51. The number of rotatable bonds is 32. The molecule has 1 heterocycles. The normalized spacial score (nSPS) is 29.6. The molecule has 8 heteroatoms. The number of unbranched alkanes of at least 4 members (excludes halogenated alkanes) is 9. The van der Waals surface area contributed by atoms with Gasteiger partial charge in [0.05, 0.1) is 84.9 Å². The lowest BCUT2D eigenvalue weighted by molar-refractivity contribution is -0.0749. The molecule has 0 spiro atoms. The second-order valence-corrected chi connectivity index (χ2v) is 22.9. The summed E-state index contributed by atoms with van der Waals surface area (Å²) in [6, 6.07) is 0. The predicted octanol–water partition coefficient (Wildman–Crippen LogP) is 14.0. The van der Waals surface area contributed by atoms with Gasteiger partial charge in [-0.2, -0.15) is 0 Å². The van der Waals surface area contributed by atoms with Gasteiger partial charge in [0.1, 0.15) is 0 Å². The SMILES string of the molecule is CCCCC/C=C\C/C=C\CCCCCCCCOCC(CN1CCOCCOCCOCC1)OCCOCCO[C@H]1CC[C@@]2(C)C(=CC[C@H]3[C@@H]4CC[C@H]([C@H](C)CCCC(C)C)[C@@]4(C)CC[C@@H]32)C1. The molecule has 5 aliphatic rings. The lowest BCUT2D eigenvalue weighted by atomic mass is 9.47. The average molecular weight is 955 g/mol. The van der Waals surface area contributed by atoms with Crippen LogP contribution in [0.2, 0.25) is 0 Å². The maximum atomic E-state index is 6.55. The molecule has 3 saturated carbocycles. The molecule has 0 aromatic carbocycles. The van der Waals surface area contributed by atoms with Gasteiger partial charge >= 0.3 is 0 Å². The number of hydrogen-bond acceptors (Lipinski definition) is 8. The van der Waals surface area contributed by atoms with Crippen LogP contribution in [0.5, 0.6) is 0 Å². The molecule has 0 N–H and O–H groups in total. The van der Waals surface area contributed by atoms with Crippen molar-refractivity contribution in [1.82, 2.24) is 4.90 Å². The highest BCUT2D eigenvalue weighted by atomic mass is 16.6. The first kappa shape index (κ1) is 57.8. The summed E-state index contributed by atoms with van der Waals surface area (Å²) in [5.74, 6) is 5.28. The summed E-state index contributed by atoms with van der Waals surface area (Å²) in [6.07, 6.45) is 42.3. The van der Waals surface area contributed by atoms with Crippen molar-refractivity contribution in [2.45, 2.75) is 201 Å². The van der Waals surface area contributed by atoms with Gasteiger partial charge in [0.15, 0.2) is 0 Å². The molecular formula is C60H107NO7. The van der Waals surface area contributed by atoms with Gasteiger partial charge in [-0.3, -0.25) is 4.90 Å². The molecule has 0 aromatic rings. The molecule has 1 saturated heterocycles. The third kappa shape index (κ3) is 20.1. The first-order valence-corrected chi connectivity index (χ1v) is 29.1. The van der Waals surface area contributed by atoms with Crippen LogP contribution in [-0.2, 0) is 33.2 Å². The molecule has 68 heavy (non-hydrogen) atoms. The number of hydrogen-bond donors (Lipinski definition) is 0. The van der Waals surface area contributed by atoms with Crippen LogP contribution < -0.4 is 0 Å². The van der Waals surface area contributed by atoms with Gasteiger partial charge < -0.3 is 33.2 Å². The van der Waals surface area contributed by atoms with Gasteiger partial charge in [0.25, 0.3) is 0 Å². The minimum atomic E-state index is -0.0354. The zero-order chi connectivity index (χ0) is 48.1. The van der Waals surface area contributed by atoms with Crippen LogP contribution in [0.25, 0.3) is 0 Å². The summed E-state index contributed by atoms with van der Waals surface area (Å²) in [6.45, 7) is 25.0. The van der Waals surface area contributed by atoms with Crippen molar-refractivity contribution in [3.63, 3.8) is 0 Å². The van der Waals surface area contributed by atoms with Crippen molar-refractivity contribution < 1.29 is 33.2 Å². The molecule has 4 fully saturated rings. The van der Waals surface area contributed by atoms with Crippen LogP contribution in [0.1, 0.15) is 189 Å². The molecule has 1 aliphatic heterocycles. The fourth-order valence-corrected chi connectivity index (χ4v) is 13.5. The molecule has 4 aliphatic carbocycles. The van der Waals surface area contributed by atoms with E-state index in [1.165, 1.54) is 128 Å². The second kappa shape index (κ2) is 33.6. The maximum absolute atomic E-state index is 6.55. The van der Waals surface area contributed by atoms with Gasteiger partial charge in [0, 0.05) is 26.2 Å². The second-order valence-electron chi connectivity index (χ2n) is 22.9. The van der Waals surface area contributed by atoms with E-state index in [0.29, 0.717) is 89.6 Å². The van der Waals surface area contributed by atoms with Gasteiger partial charge in [-0.25, -0.2) is 0 Å². The van der Waals surface area contributed by atoms with Crippen molar-refractivity contribution in [3.05, 3.63) is 36.0 Å². The molecule has 1 unspecified atom stereocenters. The zero-order valence-electron chi connectivity index (χ0n) is 45.2. The molecule has 0 amide bonds. The molecular weight excluding hydrogens is 847 g/mol. The Hall–Kier alpha value is -1.10. The van der Waals surface area contributed by atoms with Crippen molar-refractivity contribution in [1.29, 1.82) is 0 Å². The average Bonchev–Trinajstić information content (AvgIpc) is 3.68. The summed E-state index contributed by atoms with van der Waals surface area (Å²) >= 11 is 0. The van der Waals surface area contributed by atoms with E-state index in [1.807, 2.05) is 0 Å². The summed E-state index contributed by atoms with van der Waals surface area (Å²) in [7, 11) is 0. The van der Waals surface area contributed by atoms with E-state index in [2.05, 4.69) is 76.8 Å². The van der Waals surface area contributed by atoms with Gasteiger partial charge in [-0.1, -0.05) is 135 Å². The lowest BCUT2D eigenvalue weighted by Gasteiger charge is -2.58. The maximum Gasteiger partial charge on any atom is 0.0936 e. The van der Waals surface area contributed by atoms with Crippen LogP contribution in [0.4, 0.5) is 0 Å². The topological polar surface area (TPSA) is 67.9 Å². The number of fused-ring (bicyclic) bond motifs is 5. The highest BCUT2D eigenvalue weighted by Gasteiger charge is 2.59. The highest BCUT2D eigenvalue weighted by Crippen LogP contribution is 2.67. The first-order chi connectivity index (χ1) is 33.2. The van der Waals surface area contributed by atoms with Crippen LogP contribution in [-0.4, -0.2) is 116 Å². The first-order valence-electron chi connectivity index (χ1n) is 29.1. The van der Waals surface area contributed by atoms with E-state index in [9.17, 15) is 0 Å². The number of ether oxygens (including phenoxy) is 7. The molecule has 0 radical (unpaired) electrons. The predicted molar refractivity (Wildman–Crippen MR) is 282 cm³/mol. The van der Waals surface area contributed by atoms with E-state index in [4.69, 9.17) is 33.2 Å². The molecule has 394 valence electrons. The smallest absolute Gasteiger partial charge is 0.0936 e. The Balaban J connectivity index is 0.965. The molecule has 8 nitrogen and oxygen atoms in total. The summed E-state index contributed by atoms with van der Waals surface area (Å²) in [5.41, 5.74) is 2.63. The Kier molecular flexibility index (Phi) is 28.6. The summed E-state index contributed by atoms with van der Waals surface area (Å²) in [4.78, 5) is 2.40. The van der Waals surface area contributed by atoms with E-state index in [0.717, 1.165) is 81.0 Å². The Morgan fingerprint density at radius 2 is 1.37 bits per heavy atom. The Morgan fingerprint density at radius 1 is 0.676 bits per heavy atom. The third-order valence-electron chi connectivity index (χ3n) is 17.5. The third-order valence-corrected chi connectivity index (χ3v) is 17.5. The van der Waals surface area contributed by atoms with Crippen LogP contribution in [0.3, 0.4) is 0 Å². The molecule has 5 rings (SSSR count). The zero-order valence-corrected chi connectivity index (χ0v) is 45.2. The van der Waals surface area contributed by atoms with Gasteiger partial charge in [-0.05, 0) is 136 Å². The monoisotopic (exact) mass is 954 g/mol. The Labute approximate surface area is 419 Å². The fourth-order valence-electron chi connectivity index (χ4n) is 13.5. The van der Waals surface area contributed by atoms with Gasteiger partial charge in [-0.15, -0.1) is 0 Å². The van der Waals surface area contributed by atoms with E-state index < -0.39 is 0 Å². The fraction of sp³-hybridized carbons (Fsp3) is 0.900. The summed E-state index contributed by atoms with van der Waals surface area (Å²) in [5, 5.41) is 0. The van der Waals surface area contributed by atoms with E-state index in [-0.39, 0.29) is 6.10 Å². The molecule has 9 atom stereocenters. The van der Waals surface area contributed by atoms with Crippen molar-refractivity contribution in [2.75, 3.05) is 98.9 Å². The Morgan fingerprint density at radius 3 is 2.10 bits per heavy atom. The largest absolute Gasteiger partial charge is 0.379 e. The molecule has 0 aromatic heterocycles. The number of nitrogens with zero attached hydrogens (tertiary/aromatic N) is 1. The van der Waals surface area contributed by atoms with Crippen LogP contribution in [0.15, 0.2) is 36.0 Å². The summed E-state index contributed by atoms with van der Waals surface area (Å²) < 4.78 is 42.7. The van der Waals surface area contributed by atoms with E-state index in [1.54, 1.807) is 5.57 Å². The quantitative estimate of drug-likeness (QED) is 0.0488. The van der Waals surface area contributed by atoms with Crippen LogP contribution in [0, 0.1) is 46.3 Å². The van der Waals surface area contributed by atoms with Crippen LogP contribution >= 0.6 is 0 Å². The number of allylic oxidation sites excluding steroid dienone is 5.